The van der Waals surface area contributed by atoms with E-state index in [1.165, 1.54) is 30.6 Å². The maximum Gasteiger partial charge on any atom is 0.573 e. The molecule has 1 aliphatic heterocycles. The molecule has 13 heteroatoms. The van der Waals surface area contributed by atoms with E-state index in [0.717, 1.165) is 24.0 Å². The summed E-state index contributed by atoms with van der Waals surface area (Å²) in [4.78, 5) is 35.1. The molecule has 2 amide bonds. The summed E-state index contributed by atoms with van der Waals surface area (Å²) in [6, 6.07) is 11.1. The maximum absolute atomic E-state index is 12.8. The van der Waals surface area contributed by atoms with Crippen LogP contribution >= 0.6 is 11.3 Å². The van der Waals surface area contributed by atoms with Crippen molar-refractivity contribution in [1.82, 2.24) is 20.5 Å². The summed E-state index contributed by atoms with van der Waals surface area (Å²) >= 11 is 1.33. The van der Waals surface area contributed by atoms with Crippen LogP contribution in [0.5, 0.6) is 11.5 Å². The molecule has 0 atom stereocenters. The summed E-state index contributed by atoms with van der Waals surface area (Å²) in [5.41, 5.74) is 0.706. The van der Waals surface area contributed by atoms with Crippen molar-refractivity contribution in [3.05, 3.63) is 69.5 Å². The number of aromatic nitrogens is 1. The minimum Gasteiger partial charge on any atom is -0.497 e. The number of hydrogen-bond donors (Lipinski definition) is 2. The fourth-order valence-corrected chi connectivity index (χ4v) is 5.14. The second kappa shape index (κ2) is 12.3. The summed E-state index contributed by atoms with van der Waals surface area (Å²) in [7, 11) is 2.93. The van der Waals surface area contributed by atoms with Gasteiger partial charge < -0.3 is 25.0 Å². The van der Waals surface area contributed by atoms with Crippen LogP contribution in [0.3, 0.4) is 0 Å². The van der Waals surface area contributed by atoms with Gasteiger partial charge >= 0.3 is 6.36 Å². The monoisotopic (exact) mass is 563 g/mol. The van der Waals surface area contributed by atoms with E-state index in [-0.39, 0.29) is 29.7 Å². The number of nitrogens with zero attached hydrogens (tertiary/aromatic N) is 3. The number of anilines is 1. The lowest BCUT2D eigenvalue weighted by atomic mass is 10.2. The summed E-state index contributed by atoms with van der Waals surface area (Å²) in [6.45, 7) is 3.41. The van der Waals surface area contributed by atoms with E-state index in [1.807, 2.05) is 6.07 Å². The molecule has 4 rings (SSSR count). The van der Waals surface area contributed by atoms with Crippen LogP contribution in [0, 0.1) is 0 Å². The maximum atomic E-state index is 12.8. The fourth-order valence-electron chi connectivity index (χ4n) is 4.17. The minimum absolute atomic E-state index is 0.144. The van der Waals surface area contributed by atoms with Gasteiger partial charge in [-0.2, -0.15) is 0 Å². The number of amides is 2. The highest BCUT2D eigenvalue weighted by Gasteiger charge is 2.32. The standard InChI is InChI=1S/C26H28F3N5O4S/c1-30-24(35)20-4-3-9-31-23(20)34-12-10-33(11-13-34)16-19-7-8-22(39-19)25(36)32-15-17-5-6-18(37-2)14-21(17)38-26(27,28)29/h3-9,14H,10-13,15-16H2,1-2H3,(H,30,35)(H,32,36). The molecule has 0 unspecified atom stereocenters. The molecule has 0 spiro atoms. The Balaban J connectivity index is 1.32. The van der Waals surface area contributed by atoms with Crippen molar-refractivity contribution < 1.29 is 32.2 Å². The Morgan fingerprint density at radius 2 is 1.85 bits per heavy atom. The molecule has 2 aromatic heterocycles. The van der Waals surface area contributed by atoms with E-state index < -0.39 is 12.1 Å². The smallest absolute Gasteiger partial charge is 0.497 e. The number of benzene rings is 1. The molecule has 3 heterocycles. The topological polar surface area (TPSA) is 96.0 Å². The van der Waals surface area contributed by atoms with Gasteiger partial charge in [0.25, 0.3) is 11.8 Å². The Morgan fingerprint density at radius 3 is 2.54 bits per heavy atom. The first-order chi connectivity index (χ1) is 18.7. The molecule has 0 saturated carbocycles. The lowest BCUT2D eigenvalue weighted by Gasteiger charge is -2.35. The lowest BCUT2D eigenvalue weighted by molar-refractivity contribution is -0.274. The van der Waals surface area contributed by atoms with Crippen molar-refractivity contribution >= 4 is 29.0 Å². The van der Waals surface area contributed by atoms with Crippen LogP contribution in [0.15, 0.2) is 48.7 Å². The van der Waals surface area contributed by atoms with Crippen LogP contribution in [-0.4, -0.2) is 68.4 Å². The highest BCUT2D eigenvalue weighted by atomic mass is 32.1. The number of thiophene rings is 1. The second-order valence-corrected chi connectivity index (χ2v) is 9.86. The predicted octanol–water partition coefficient (Wildman–Crippen LogP) is 3.66. The van der Waals surface area contributed by atoms with E-state index in [4.69, 9.17) is 4.74 Å². The van der Waals surface area contributed by atoms with Crippen molar-refractivity contribution in [1.29, 1.82) is 0 Å². The SMILES string of the molecule is CNC(=O)c1cccnc1N1CCN(Cc2ccc(C(=O)NCc3ccc(OC)cc3OC(F)(F)F)s2)CC1. The Labute approximate surface area is 227 Å². The molecule has 0 bridgehead atoms. The molecule has 1 aliphatic rings. The second-order valence-electron chi connectivity index (χ2n) is 8.69. The van der Waals surface area contributed by atoms with Gasteiger partial charge in [-0.05, 0) is 36.4 Å². The fraction of sp³-hybridized carbons (Fsp3) is 0.346. The van der Waals surface area contributed by atoms with E-state index in [0.29, 0.717) is 35.9 Å². The van der Waals surface area contributed by atoms with Gasteiger partial charge in [0.15, 0.2) is 0 Å². The van der Waals surface area contributed by atoms with E-state index >= 15 is 0 Å². The van der Waals surface area contributed by atoms with Gasteiger partial charge in [0.1, 0.15) is 17.3 Å². The van der Waals surface area contributed by atoms with Crippen LogP contribution in [0.25, 0.3) is 0 Å². The van der Waals surface area contributed by atoms with Crippen LogP contribution in [0.1, 0.15) is 30.5 Å². The minimum atomic E-state index is -4.87. The molecule has 1 fully saturated rings. The largest absolute Gasteiger partial charge is 0.573 e. The molecule has 1 saturated heterocycles. The third-order valence-electron chi connectivity index (χ3n) is 6.13. The van der Waals surface area contributed by atoms with Crippen molar-refractivity contribution in [3.63, 3.8) is 0 Å². The number of nitrogens with one attached hydrogen (secondary N) is 2. The third kappa shape index (κ3) is 7.39. The first kappa shape index (κ1) is 28.2. The summed E-state index contributed by atoms with van der Waals surface area (Å²) in [5, 5.41) is 5.31. The molecular formula is C26H28F3N5O4S. The number of methoxy groups -OCH3 is 1. The van der Waals surface area contributed by atoms with Gasteiger partial charge in [0.05, 0.1) is 17.6 Å². The zero-order valence-electron chi connectivity index (χ0n) is 21.4. The number of pyridine rings is 1. The first-order valence-electron chi connectivity index (χ1n) is 12.1. The van der Waals surface area contributed by atoms with E-state index in [2.05, 4.69) is 30.2 Å². The number of hydrogen-bond acceptors (Lipinski definition) is 8. The summed E-state index contributed by atoms with van der Waals surface area (Å²) < 4.78 is 47.5. The van der Waals surface area contributed by atoms with Crippen LogP contribution in [0.2, 0.25) is 0 Å². The number of rotatable bonds is 9. The van der Waals surface area contributed by atoms with Gasteiger partial charge in [0, 0.05) is 69.0 Å². The molecule has 1 aromatic carbocycles. The highest BCUT2D eigenvalue weighted by molar-refractivity contribution is 7.14. The number of ether oxygens (including phenoxy) is 2. The average Bonchev–Trinajstić information content (AvgIpc) is 3.40. The highest BCUT2D eigenvalue weighted by Crippen LogP contribution is 2.30. The van der Waals surface area contributed by atoms with Crippen molar-refractivity contribution in [2.75, 3.05) is 45.2 Å². The zero-order chi connectivity index (χ0) is 28.0. The van der Waals surface area contributed by atoms with Gasteiger partial charge in [-0.3, -0.25) is 14.5 Å². The molecule has 39 heavy (non-hydrogen) atoms. The average molecular weight is 564 g/mol. The Morgan fingerprint density at radius 1 is 1.08 bits per heavy atom. The van der Waals surface area contributed by atoms with Gasteiger partial charge in [0.2, 0.25) is 0 Å². The number of halogens is 3. The molecule has 9 nitrogen and oxygen atoms in total. The predicted molar refractivity (Wildman–Crippen MR) is 140 cm³/mol. The molecule has 208 valence electrons. The molecular weight excluding hydrogens is 535 g/mol. The van der Waals surface area contributed by atoms with Crippen molar-refractivity contribution in [2.45, 2.75) is 19.5 Å². The summed E-state index contributed by atoms with van der Waals surface area (Å²) in [6.07, 6.45) is -3.20. The van der Waals surface area contributed by atoms with Gasteiger partial charge in [-0.1, -0.05) is 0 Å². The molecule has 0 radical (unpaired) electrons. The van der Waals surface area contributed by atoms with E-state index in [9.17, 15) is 22.8 Å². The number of carbonyl (C=O) groups excluding carboxylic acids is 2. The normalized spacial score (nSPS) is 14.1. The third-order valence-corrected chi connectivity index (χ3v) is 7.20. The van der Waals surface area contributed by atoms with E-state index in [1.54, 1.807) is 31.4 Å². The van der Waals surface area contributed by atoms with Crippen LogP contribution < -0.4 is 25.0 Å². The Kier molecular flexibility index (Phi) is 8.92. The molecule has 3 aromatic rings. The zero-order valence-corrected chi connectivity index (χ0v) is 22.2. The number of alkyl halides is 3. The number of piperazine rings is 1. The quantitative estimate of drug-likeness (QED) is 0.410. The Hall–Kier alpha value is -3.84. The van der Waals surface area contributed by atoms with Crippen LogP contribution in [0.4, 0.5) is 19.0 Å². The number of carbonyl (C=O) groups is 2. The lowest BCUT2D eigenvalue weighted by Crippen LogP contribution is -2.46. The Bertz CT molecular complexity index is 1310. The molecule has 0 aliphatic carbocycles. The molecule has 2 N–H and O–H groups in total. The van der Waals surface area contributed by atoms with Gasteiger partial charge in [-0.15, -0.1) is 24.5 Å². The van der Waals surface area contributed by atoms with Gasteiger partial charge in [-0.25, -0.2) is 4.98 Å². The first-order valence-corrected chi connectivity index (χ1v) is 12.9. The van der Waals surface area contributed by atoms with Crippen molar-refractivity contribution in [3.8, 4) is 11.5 Å². The van der Waals surface area contributed by atoms with Crippen LogP contribution in [-0.2, 0) is 13.1 Å². The summed E-state index contributed by atoms with van der Waals surface area (Å²) in [5.74, 6) is -0.128. The van der Waals surface area contributed by atoms with Crippen molar-refractivity contribution in [2.24, 2.45) is 0 Å².